The number of nitrogens with zero attached hydrogens (tertiary/aromatic N) is 2. The third kappa shape index (κ3) is 3.31. The van der Waals surface area contributed by atoms with Gasteiger partial charge in [-0.1, -0.05) is 18.2 Å². The molecule has 0 radical (unpaired) electrons. The Morgan fingerprint density at radius 2 is 1.90 bits per heavy atom. The summed E-state index contributed by atoms with van der Waals surface area (Å²) in [4.78, 5) is 0. The first kappa shape index (κ1) is 14.4. The van der Waals surface area contributed by atoms with Gasteiger partial charge in [0.05, 0.1) is 5.56 Å². The van der Waals surface area contributed by atoms with Gasteiger partial charge in [0.25, 0.3) is 0 Å². The van der Waals surface area contributed by atoms with Gasteiger partial charge in [0.1, 0.15) is 5.82 Å². The maximum atomic E-state index is 12.8. The average Bonchev–Trinajstić information content (AvgIpc) is 2.84. The third-order valence-corrected chi connectivity index (χ3v) is 2.92. The summed E-state index contributed by atoms with van der Waals surface area (Å²) in [5, 5.41) is 7.16. The van der Waals surface area contributed by atoms with Crippen LogP contribution in [0.5, 0.6) is 0 Å². The van der Waals surface area contributed by atoms with Crippen LogP contribution in [0, 0.1) is 0 Å². The van der Waals surface area contributed by atoms with Crippen LogP contribution in [0.4, 0.5) is 19.0 Å². The van der Waals surface area contributed by atoms with Crippen molar-refractivity contribution in [2.45, 2.75) is 32.6 Å². The standard InChI is InChI=1S/C14H16F3N3/c1-10(2)20-8-7-13(19-20)18-9-11-5-3-4-6-12(11)14(15,16)17/h3-8,10H,9H2,1-2H3,(H,18,19). The van der Waals surface area contributed by atoms with Gasteiger partial charge in [0, 0.05) is 24.8 Å². The number of aromatic nitrogens is 2. The van der Waals surface area contributed by atoms with Crippen LogP contribution >= 0.6 is 0 Å². The number of halogens is 3. The molecule has 0 bridgehead atoms. The molecular weight excluding hydrogens is 267 g/mol. The Morgan fingerprint density at radius 1 is 1.20 bits per heavy atom. The number of benzene rings is 1. The number of alkyl halides is 3. The predicted molar refractivity (Wildman–Crippen MR) is 71.4 cm³/mol. The summed E-state index contributed by atoms with van der Waals surface area (Å²) in [6.45, 7) is 4.05. The van der Waals surface area contributed by atoms with E-state index in [4.69, 9.17) is 0 Å². The van der Waals surface area contributed by atoms with Gasteiger partial charge < -0.3 is 5.32 Å². The largest absolute Gasteiger partial charge is 0.416 e. The van der Waals surface area contributed by atoms with Gasteiger partial charge in [0.2, 0.25) is 0 Å². The van der Waals surface area contributed by atoms with Gasteiger partial charge in [-0.05, 0) is 25.5 Å². The van der Waals surface area contributed by atoms with E-state index in [1.165, 1.54) is 12.1 Å². The molecule has 3 nitrogen and oxygen atoms in total. The van der Waals surface area contributed by atoms with Crippen LogP contribution in [-0.4, -0.2) is 9.78 Å². The van der Waals surface area contributed by atoms with E-state index in [2.05, 4.69) is 10.4 Å². The lowest BCUT2D eigenvalue weighted by Crippen LogP contribution is -2.12. The molecule has 0 unspecified atom stereocenters. The van der Waals surface area contributed by atoms with Crippen molar-refractivity contribution in [3.63, 3.8) is 0 Å². The second kappa shape index (κ2) is 5.56. The third-order valence-electron chi connectivity index (χ3n) is 2.92. The minimum atomic E-state index is -4.34. The highest BCUT2D eigenvalue weighted by Gasteiger charge is 2.32. The fraction of sp³-hybridized carbons (Fsp3) is 0.357. The first-order valence-electron chi connectivity index (χ1n) is 6.32. The molecule has 0 amide bonds. The van der Waals surface area contributed by atoms with Crippen molar-refractivity contribution >= 4 is 5.82 Å². The maximum Gasteiger partial charge on any atom is 0.416 e. The zero-order valence-electron chi connectivity index (χ0n) is 11.3. The van der Waals surface area contributed by atoms with E-state index in [1.54, 1.807) is 23.0 Å². The maximum absolute atomic E-state index is 12.8. The van der Waals surface area contributed by atoms with Crippen LogP contribution in [0.15, 0.2) is 36.5 Å². The normalized spacial score (nSPS) is 11.9. The molecule has 0 saturated carbocycles. The van der Waals surface area contributed by atoms with Crippen LogP contribution in [0.3, 0.4) is 0 Å². The van der Waals surface area contributed by atoms with Crippen LogP contribution in [-0.2, 0) is 12.7 Å². The number of anilines is 1. The highest BCUT2D eigenvalue weighted by molar-refractivity contribution is 5.37. The van der Waals surface area contributed by atoms with Crippen LogP contribution in [0.25, 0.3) is 0 Å². The Morgan fingerprint density at radius 3 is 2.50 bits per heavy atom. The van der Waals surface area contributed by atoms with E-state index in [-0.39, 0.29) is 18.2 Å². The molecule has 2 aromatic rings. The quantitative estimate of drug-likeness (QED) is 0.915. The Hall–Kier alpha value is -1.98. The number of hydrogen-bond acceptors (Lipinski definition) is 2. The summed E-state index contributed by atoms with van der Waals surface area (Å²) >= 11 is 0. The zero-order valence-corrected chi connectivity index (χ0v) is 11.3. The first-order valence-corrected chi connectivity index (χ1v) is 6.32. The number of hydrogen-bond donors (Lipinski definition) is 1. The SMILES string of the molecule is CC(C)n1ccc(NCc2ccccc2C(F)(F)F)n1. The molecule has 0 aliphatic rings. The Balaban J connectivity index is 2.11. The van der Waals surface area contributed by atoms with E-state index in [1.807, 2.05) is 13.8 Å². The van der Waals surface area contributed by atoms with Crippen LogP contribution in [0.2, 0.25) is 0 Å². The molecule has 0 aliphatic carbocycles. The van der Waals surface area contributed by atoms with Crippen molar-refractivity contribution in [2.24, 2.45) is 0 Å². The molecule has 6 heteroatoms. The zero-order chi connectivity index (χ0) is 14.8. The molecule has 0 aliphatic heterocycles. The molecule has 0 spiro atoms. The summed E-state index contributed by atoms with van der Waals surface area (Å²) in [6, 6.07) is 7.50. The van der Waals surface area contributed by atoms with E-state index < -0.39 is 11.7 Å². The molecule has 20 heavy (non-hydrogen) atoms. The van der Waals surface area contributed by atoms with Crippen molar-refractivity contribution in [3.8, 4) is 0 Å². The molecule has 0 fully saturated rings. The molecule has 108 valence electrons. The van der Waals surface area contributed by atoms with Crippen LogP contribution < -0.4 is 5.32 Å². The van der Waals surface area contributed by atoms with E-state index in [0.29, 0.717) is 5.82 Å². The topological polar surface area (TPSA) is 29.9 Å². The van der Waals surface area contributed by atoms with Gasteiger partial charge in [-0.25, -0.2) is 0 Å². The van der Waals surface area contributed by atoms with E-state index in [0.717, 1.165) is 6.07 Å². The van der Waals surface area contributed by atoms with Crippen molar-refractivity contribution in [1.29, 1.82) is 0 Å². The molecule has 1 N–H and O–H groups in total. The van der Waals surface area contributed by atoms with Gasteiger partial charge >= 0.3 is 6.18 Å². The molecule has 0 atom stereocenters. The van der Waals surface area contributed by atoms with Gasteiger partial charge in [-0.3, -0.25) is 4.68 Å². The predicted octanol–water partition coefficient (Wildman–Crippen LogP) is 4.09. The van der Waals surface area contributed by atoms with Crippen molar-refractivity contribution in [2.75, 3.05) is 5.32 Å². The second-order valence-corrected chi connectivity index (χ2v) is 4.78. The highest BCUT2D eigenvalue weighted by atomic mass is 19.4. The van der Waals surface area contributed by atoms with Crippen molar-refractivity contribution in [3.05, 3.63) is 47.7 Å². The Bertz CT molecular complexity index is 573. The molecule has 1 aromatic carbocycles. The molecule has 2 rings (SSSR count). The lowest BCUT2D eigenvalue weighted by molar-refractivity contribution is -0.138. The monoisotopic (exact) mass is 283 g/mol. The fourth-order valence-corrected chi connectivity index (χ4v) is 1.86. The van der Waals surface area contributed by atoms with Gasteiger partial charge in [-0.2, -0.15) is 18.3 Å². The molecule has 1 aromatic heterocycles. The minimum absolute atomic E-state index is 0.0881. The van der Waals surface area contributed by atoms with Crippen molar-refractivity contribution < 1.29 is 13.2 Å². The summed E-state index contributed by atoms with van der Waals surface area (Å²) in [5.41, 5.74) is -0.408. The molecule has 1 heterocycles. The number of nitrogens with one attached hydrogen (secondary N) is 1. The van der Waals surface area contributed by atoms with Gasteiger partial charge in [-0.15, -0.1) is 0 Å². The summed E-state index contributed by atoms with van der Waals surface area (Å²) in [5.74, 6) is 0.565. The summed E-state index contributed by atoms with van der Waals surface area (Å²) in [6.07, 6.45) is -2.54. The van der Waals surface area contributed by atoms with Crippen LogP contribution in [0.1, 0.15) is 31.0 Å². The number of rotatable bonds is 4. The van der Waals surface area contributed by atoms with E-state index >= 15 is 0 Å². The lowest BCUT2D eigenvalue weighted by atomic mass is 10.1. The molecular formula is C14H16F3N3. The van der Waals surface area contributed by atoms with E-state index in [9.17, 15) is 13.2 Å². The fourth-order valence-electron chi connectivity index (χ4n) is 1.86. The van der Waals surface area contributed by atoms with Gasteiger partial charge in [0.15, 0.2) is 0 Å². The second-order valence-electron chi connectivity index (χ2n) is 4.78. The van der Waals surface area contributed by atoms with Crippen molar-refractivity contribution in [1.82, 2.24) is 9.78 Å². The lowest BCUT2D eigenvalue weighted by Gasteiger charge is -2.13. The minimum Gasteiger partial charge on any atom is -0.365 e. The Labute approximate surface area is 115 Å². The average molecular weight is 283 g/mol. The first-order chi connectivity index (χ1) is 9.38. The summed E-state index contributed by atoms with van der Waals surface area (Å²) in [7, 11) is 0. The molecule has 0 saturated heterocycles. The Kier molecular flexibility index (Phi) is 4.01. The highest BCUT2D eigenvalue weighted by Crippen LogP contribution is 2.32. The smallest absolute Gasteiger partial charge is 0.365 e. The summed E-state index contributed by atoms with van der Waals surface area (Å²) < 4.78 is 40.3.